The summed E-state index contributed by atoms with van der Waals surface area (Å²) in [5.74, 6) is 0. The lowest BCUT2D eigenvalue weighted by Crippen LogP contribution is -2.38. The Bertz CT molecular complexity index is 899. The minimum absolute atomic E-state index is 0.0670. The molecule has 0 atom stereocenters. The molecule has 0 bridgehead atoms. The Morgan fingerprint density at radius 2 is 1.57 bits per heavy atom. The molecule has 28 heavy (non-hydrogen) atoms. The predicted molar refractivity (Wildman–Crippen MR) is 105 cm³/mol. The SMILES string of the molecule is COCc1ccc(N(OS(=O)(=O)c2ccc(C)cc2)C(=O)OC(C)(C)C)cc1. The lowest BCUT2D eigenvalue weighted by molar-refractivity contribution is 0.0444. The topological polar surface area (TPSA) is 82.1 Å². The van der Waals surface area contributed by atoms with Crippen molar-refractivity contribution < 1.29 is 27.0 Å². The van der Waals surface area contributed by atoms with E-state index >= 15 is 0 Å². The lowest BCUT2D eigenvalue weighted by Gasteiger charge is -2.26. The van der Waals surface area contributed by atoms with E-state index in [-0.39, 0.29) is 10.6 Å². The molecule has 0 fully saturated rings. The molecule has 0 saturated heterocycles. The van der Waals surface area contributed by atoms with Crippen LogP contribution in [-0.4, -0.2) is 27.2 Å². The summed E-state index contributed by atoms with van der Waals surface area (Å²) in [6.45, 7) is 7.26. The third-order valence-corrected chi connectivity index (χ3v) is 4.72. The second-order valence-electron chi connectivity index (χ2n) is 7.22. The third kappa shape index (κ3) is 6.05. The maximum absolute atomic E-state index is 12.7. The van der Waals surface area contributed by atoms with E-state index in [1.807, 2.05) is 6.92 Å². The molecule has 0 unspecified atom stereocenters. The fourth-order valence-corrected chi connectivity index (χ4v) is 3.12. The van der Waals surface area contributed by atoms with Crippen molar-refractivity contribution in [2.75, 3.05) is 12.2 Å². The van der Waals surface area contributed by atoms with Crippen LogP contribution in [0.15, 0.2) is 53.4 Å². The number of carbonyl (C=O) groups excluding carboxylic acids is 1. The Kier molecular flexibility index (Phi) is 6.82. The maximum Gasteiger partial charge on any atom is 0.440 e. The van der Waals surface area contributed by atoms with E-state index in [1.54, 1.807) is 64.3 Å². The summed E-state index contributed by atoms with van der Waals surface area (Å²) in [5, 5.41) is 0.636. The van der Waals surface area contributed by atoms with Crippen LogP contribution >= 0.6 is 0 Å². The number of rotatable bonds is 6. The van der Waals surface area contributed by atoms with Crippen molar-refractivity contribution in [2.45, 2.75) is 44.8 Å². The van der Waals surface area contributed by atoms with Crippen LogP contribution in [0.3, 0.4) is 0 Å². The Hall–Kier alpha value is -2.42. The number of nitrogens with zero attached hydrogens (tertiary/aromatic N) is 1. The van der Waals surface area contributed by atoms with Crippen molar-refractivity contribution in [2.24, 2.45) is 0 Å². The van der Waals surface area contributed by atoms with Crippen LogP contribution in [0.25, 0.3) is 0 Å². The summed E-state index contributed by atoms with van der Waals surface area (Å²) in [6, 6.07) is 12.7. The number of ether oxygens (including phenoxy) is 2. The van der Waals surface area contributed by atoms with Gasteiger partial charge >= 0.3 is 16.2 Å². The van der Waals surface area contributed by atoms with Gasteiger partial charge in [0, 0.05) is 7.11 Å². The molecule has 2 aromatic carbocycles. The quantitative estimate of drug-likeness (QED) is 0.668. The van der Waals surface area contributed by atoms with E-state index in [9.17, 15) is 13.2 Å². The number of benzene rings is 2. The van der Waals surface area contributed by atoms with Crippen LogP contribution < -0.4 is 5.06 Å². The van der Waals surface area contributed by atoms with Gasteiger partial charge in [-0.2, -0.15) is 8.42 Å². The van der Waals surface area contributed by atoms with Crippen molar-refractivity contribution in [1.82, 2.24) is 0 Å². The van der Waals surface area contributed by atoms with Crippen molar-refractivity contribution in [3.05, 3.63) is 59.7 Å². The second kappa shape index (κ2) is 8.72. The van der Waals surface area contributed by atoms with Crippen LogP contribution in [-0.2, 0) is 30.5 Å². The number of hydrogen-bond acceptors (Lipinski definition) is 6. The first-order valence-electron chi connectivity index (χ1n) is 8.64. The van der Waals surface area contributed by atoms with Gasteiger partial charge in [-0.15, -0.1) is 9.35 Å². The zero-order valence-corrected chi connectivity index (χ0v) is 17.4. The standard InChI is InChI=1S/C20H25NO6S/c1-15-6-12-18(13-7-15)28(23,24)27-21(19(22)26-20(2,3)4)17-10-8-16(9-11-17)14-25-5/h6-13H,14H2,1-5H3. The molecular formula is C20H25NO6S. The third-order valence-electron chi connectivity index (χ3n) is 3.52. The second-order valence-corrected chi connectivity index (χ2v) is 8.74. The van der Waals surface area contributed by atoms with Gasteiger partial charge in [0.15, 0.2) is 0 Å². The summed E-state index contributed by atoms with van der Waals surface area (Å²) >= 11 is 0. The van der Waals surface area contributed by atoms with Crippen LogP contribution in [0.1, 0.15) is 31.9 Å². The number of hydroxylamine groups is 1. The summed E-state index contributed by atoms with van der Waals surface area (Å²) < 4.78 is 40.9. The highest BCUT2D eigenvalue weighted by molar-refractivity contribution is 7.86. The average molecular weight is 407 g/mol. The van der Waals surface area contributed by atoms with Gasteiger partial charge in [0.2, 0.25) is 0 Å². The van der Waals surface area contributed by atoms with Crippen molar-refractivity contribution in [3.8, 4) is 0 Å². The normalized spacial score (nSPS) is 11.9. The fourth-order valence-electron chi connectivity index (χ4n) is 2.22. The Labute approximate surface area is 165 Å². The van der Waals surface area contributed by atoms with Gasteiger partial charge in [0.25, 0.3) is 0 Å². The van der Waals surface area contributed by atoms with E-state index in [0.29, 0.717) is 11.7 Å². The summed E-state index contributed by atoms with van der Waals surface area (Å²) in [7, 11) is -2.68. The number of carbonyl (C=O) groups is 1. The highest BCUT2D eigenvalue weighted by Crippen LogP contribution is 2.24. The number of anilines is 1. The molecule has 0 saturated carbocycles. The molecule has 0 spiro atoms. The van der Waals surface area contributed by atoms with E-state index in [4.69, 9.17) is 13.8 Å². The molecule has 2 aromatic rings. The Balaban J connectivity index is 2.37. The number of amides is 1. The van der Waals surface area contributed by atoms with Gasteiger partial charge in [0.1, 0.15) is 5.60 Å². The molecule has 2 rings (SSSR count). The molecule has 0 aliphatic heterocycles. The largest absolute Gasteiger partial charge is 0.442 e. The summed E-state index contributed by atoms with van der Waals surface area (Å²) in [6.07, 6.45) is -0.942. The molecule has 7 nitrogen and oxygen atoms in total. The molecule has 0 aromatic heterocycles. The van der Waals surface area contributed by atoms with Gasteiger partial charge in [-0.25, -0.2) is 4.79 Å². The first kappa shape index (κ1) is 21.9. The van der Waals surface area contributed by atoms with Gasteiger partial charge in [-0.3, -0.25) is 0 Å². The highest BCUT2D eigenvalue weighted by Gasteiger charge is 2.30. The van der Waals surface area contributed by atoms with E-state index < -0.39 is 21.8 Å². The summed E-state index contributed by atoms with van der Waals surface area (Å²) in [4.78, 5) is 12.6. The molecule has 152 valence electrons. The van der Waals surface area contributed by atoms with Gasteiger partial charge < -0.3 is 9.47 Å². The molecule has 0 radical (unpaired) electrons. The van der Waals surface area contributed by atoms with Crippen LogP contribution in [0.5, 0.6) is 0 Å². The summed E-state index contributed by atoms with van der Waals surface area (Å²) in [5.41, 5.74) is 1.14. The Morgan fingerprint density at radius 1 is 1.00 bits per heavy atom. The Morgan fingerprint density at radius 3 is 2.07 bits per heavy atom. The molecule has 0 aliphatic rings. The molecule has 0 N–H and O–H groups in total. The molecular weight excluding hydrogens is 382 g/mol. The fraction of sp³-hybridized carbons (Fsp3) is 0.350. The zero-order chi connectivity index (χ0) is 20.9. The van der Waals surface area contributed by atoms with Crippen LogP contribution in [0.4, 0.5) is 10.5 Å². The minimum Gasteiger partial charge on any atom is -0.442 e. The maximum atomic E-state index is 12.7. The van der Waals surface area contributed by atoms with Crippen LogP contribution in [0, 0.1) is 6.92 Å². The monoisotopic (exact) mass is 407 g/mol. The number of hydrogen-bond donors (Lipinski definition) is 0. The molecule has 0 aliphatic carbocycles. The molecule has 8 heteroatoms. The number of aryl methyl sites for hydroxylation is 1. The van der Waals surface area contributed by atoms with E-state index in [2.05, 4.69) is 0 Å². The van der Waals surface area contributed by atoms with E-state index in [1.165, 1.54) is 12.1 Å². The molecule has 1 amide bonds. The average Bonchev–Trinajstić information content (AvgIpc) is 2.60. The molecule has 0 heterocycles. The zero-order valence-electron chi connectivity index (χ0n) is 16.6. The van der Waals surface area contributed by atoms with Crippen LogP contribution in [0.2, 0.25) is 0 Å². The van der Waals surface area contributed by atoms with Crippen molar-refractivity contribution >= 4 is 21.9 Å². The highest BCUT2D eigenvalue weighted by atomic mass is 32.2. The van der Waals surface area contributed by atoms with E-state index in [0.717, 1.165) is 11.1 Å². The number of methoxy groups -OCH3 is 1. The first-order valence-corrected chi connectivity index (χ1v) is 10.0. The minimum atomic E-state index is -4.24. The lowest BCUT2D eigenvalue weighted by atomic mass is 10.2. The van der Waals surface area contributed by atoms with Crippen molar-refractivity contribution in [3.63, 3.8) is 0 Å². The van der Waals surface area contributed by atoms with Gasteiger partial charge in [0.05, 0.1) is 17.2 Å². The smallest absolute Gasteiger partial charge is 0.440 e. The first-order chi connectivity index (χ1) is 13.0. The van der Waals surface area contributed by atoms with Gasteiger partial charge in [-0.05, 0) is 57.5 Å². The van der Waals surface area contributed by atoms with Crippen molar-refractivity contribution in [1.29, 1.82) is 0 Å². The van der Waals surface area contributed by atoms with Gasteiger partial charge in [-0.1, -0.05) is 29.8 Å². The predicted octanol–water partition coefficient (Wildman–Crippen LogP) is 4.20.